The lowest BCUT2D eigenvalue weighted by molar-refractivity contribution is 0.355. The highest BCUT2D eigenvalue weighted by molar-refractivity contribution is 5.87. The molecule has 0 atom stereocenters. The van der Waals surface area contributed by atoms with Crippen molar-refractivity contribution in [3.8, 4) is 22.6 Å². The van der Waals surface area contributed by atoms with Crippen LogP contribution in [-0.4, -0.2) is 14.2 Å². The Balaban J connectivity index is 2.23. The first-order valence-corrected chi connectivity index (χ1v) is 7.21. The number of fused-ring (bicyclic) bond motifs is 1. The number of aryl methyl sites for hydroxylation is 1. The summed E-state index contributed by atoms with van der Waals surface area (Å²) in [5.74, 6) is 1.09. The van der Waals surface area contributed by atoms with Crippen molar-refractivity contribution in [3.63, 3.8) is 0 Å². The number of ether oxygens (including phenoxy) is 2. The highest BCUT2D eigenvalue weighted by atomic mass is 16.5. The Bertz CT molecular complexity index is 991. The van der Waals surface area contributed by atoms with Crippen LogP contribution in [0.5, 0.6) is 11.5 Å². The van der Waals surface area contributed by atoms with Crippen molar-refractivity contribution in [2.24, 2.45) is 5.18 Å². The molecule has 1 aromatic heterocycles. The van der Waals surface area contributed by atoms with Crippen LogP contribution in [0.15, 0.2) is 51.0 Å². The van der Waals surface area contributed by atoms with E-state index in [4.69, 9.17) is 13.9 Å². The Hall–Kier alpha value is -3.15. The predicted molar refractivity (Wildman–Crippen MR) is 91.2 cm³/mol. The molecule has 3 aromatic rings. The van der Waals surface area contributed by atoms with Crippen LogP contribution >= 0.6 is 0 Å². The zero-order chi connectivity index (χ0) is 17.3. The molecule has 2 aromatic carbocycles. The van der Waals surface area contributed by atoms with Gasteiger partial charge in [0.25, 0.3) is 0 Å². The third kappa shape index (κ3) is 2.42. The van der Waals surface area contributed by atoms with Gasteiger partial charge < -0.3 is 13.9 Å². The second kappa shape index (κ2) is 6.16. The van der Waals surface area contributed by atoms with Gasteiger partial charge in [-0.05, 0) is 41.9 Å². The molecule has 6 heteroatoms. The smallest absolute Gasteiger partial charge is 0.200 e. The van der Waals surface area contributed by atoms with Crippen LogP contribution < -0.4 is 14.9 Å². The van der Waals surface area contributed by atoms with Crippen LogP contribution in [0.2, 0.25) is 0 Å². The van der Waals surface area contributed by atoms with E-state index in [-0.39, 0.29) is 11.1 Å². The minimum Gasteiger partial charge on any atom is -0.493 e. The SMILES string of the molecule is COc1ccc(-c2coc3c(C)c(N=O)ccc3c2=O)cc1OC. The molecule has 0 aliphatic heterocycles. The van der Waals surface area contributed by atoms with Crippen molar-refractivity contribution in [1.29, 1.82) is 0 Å². The highest BCUT2D eigenvalue weighted by Crippen LogP contribution is 2.33. The van der Waals surface area contributed by atoms with E-state index in [9.17, 15) is 9.70 Å². The number of hydrogen-bond donors (Lipinski definition) is 0. The topological polar surface area (TPSA) is 78.1 Å². The third-order valence-corrected chi connectivity index (χ3v) is 3.95. The Morgan fingerprint density at radius 2 is 1.79 bits per heavy atom. The summed E-state index contributed by atoms with van der Waals surface area (Å²) in [5, 5.41) is 3.33. The summed E-state index contributed by atoms with van der Waals surface area (Å²) in [5.41, 5.74) is 2.02. The van der Waals surface area contributed by atoms with Crippen molar-refractivity contribution < 1.29 is 13.9 Å². The lowest BCUT2D eigenvalue weighted by Crippen LogP contribution is -2.05. The van der Waals surface area contributed by atoms with E-state index < -0.39 is 0 Å². The van der Waals surface area contributed by atoms with Gasteiger partial charge >= 0.3 is 0 Å². The lowest BCUT2D eigenvalue weighted by Gasteiger charge is -2.10. The fraction of sp³-hybridized carbons (Fsp3) is 0.167. The molecule has 0 unspecified atom stereocenters. The number of benzene rings is 2. The van der Waals surface area contributed by atoms with Crippen molar-refractivity contribution in [3.05, 3.63) is 57.3 Å². The van der Waals surface area contributed by atoms with E-state index in [0.29, 0.717) is 39.2 Å². The molecule has 0 aliphatic carbocycles. The molecule has 0 radical (unpaired) electrons. The standard InChI is InChI=1S/C18H15NO5/c1-10-14(19-21)6-5-12-17(20)13(9-24-18(10)12)11-4-7-15(22-2)16(8-11)23-3/h4-9H,1-3H3. The van der Waals surface area contributed by atoms with Gasteiger partial charge in [-0.3, -0.25) is 4.79 Å². The summed E-state index contributed by atoms with van der Waals surface area (Å²) in [7, 11) is 3.07. The normalized spacial score (nSPS) is 10.6. The maximum Gasteiger partial charge on any atom is 0.200 e. The van der Waals surface area contributed by atoms with Gasteiger partial charge in [0, 0.05) is 5.56 Å². The van der Waals surface area contributed by atoms with E-state index in [2.05, 4.69) is 5.18 Å². The summed E-state index contributed by atoms with van der Waals surface area (Å²) < 4.78 is 16.1. The van der Waals surface area contributed by atoms with Gasteiger partial charge in [0.05, 0.1) is 25.2 Å². The first kappa shape index (κ1) is 15.7. The van der Waals surface area contributed by atoms with Crippen molar-refractivity contribution in [2.75, 3.05) is 14.2 Å². The van der Waals surface area contributed by atoms with E-state index >= 15 is 0 Å². The van der Waals surface area contributed by atoms with E-state index in [1.165, 1.54) is 19.4 Å². The zero-order valence-electron chi connectivity index (χ0n) is 13.5. The molecule has 24 heavy (non-hydrogen) atoms. The summed E-state index contributed by atoms with van der Waals surface area (Å²) in [4.78, 5) is 23.6. The number of hydrogen-bond acceptors (Lipinski definition) is 6. The molecule has 3 rings (SSSR count). The van der Waals surface area contributed by atoms with Crippen LogP contribution in [-0.2, 0) is 0 Å². The van der Waals surface area contributed by atoms with Gasteiger partial charge in [0.2, 0.25) is 5.43 Å². The Labute approximate surface area is 137 Å². The van der Waals surface area contributed by atoms with Gasteiger partial charge in [0.1, 0.15) is 17.5 Å². The number of nitrogens with zero attached hydrogens (tertiary/aromatic N) is 1. The van der Waals surface area contributed by atoms with Gasteiger partial charge in [0.15, 0.2) is 11.5 Å². The first-order valence-electron chi connectivity index (χ1n) is 7.21. The van der Waals surface area contributed by atoms with Crippen LogP contribution in [0.1, 0.15) is 5.56 Å². The van der Waals surface area contributed by atoms with E-state index in [0.717, 1.165) is 0 Å². The molecule has 0 N–H and O–H groups in total. The van der Waals surface area contributed by atoms with E-state index in [1.807, 2.05) is 0 Å². The molecule has 122 valence electrons. The second-order valence-electron chi connectivity index (χ2n) is 5.23. The van der Waals surface area contributed by atoms with Gasteiger partial charge in [-0.1, -0.05) is 6.07 Å². The maximum atomic E-state index is 12.8. The molecular formula is C18H15NO5. The zero-order valence-corrected chi connectivity index (χ0v) is 13.5. The number of methoxy groups -OCH3 is 2. The fourth-order valence-corrected chi connectivity index (χ4v) is 2.63. The second-order valence-corrected chi connectivity index (χ2v) is 5.23. The Morgan fingerprint density at radius 3 is 2.46 bits per heavy atom. The quantitative estimate of drug-likeness (QED) is 0.672. The fourth-order valence-electron chi connectivity index (χ4n) is 2.63. The average molecular weight is 325 g/mol. The molecule has 6 nitrogen and oxygen atoms in total. The third-order valence-electron chi connectivity index (χ3n) is 3.95. The number of rotatable bonds is 4. The molecule has 0 spiro atoms. The summed E-state index contributed by atoms with van der Waals surface area (Å²) in [6.45, 7) is 1.69. The molecule has 1 heterocycles. The molecule has 0 saturated heterocycles. The van der Waals surface area contributed by atoms with Crippen LogP contribution in [0.25, 0.3) is 22.1 Å². The minimum atomic E-state index is -0.191. The summed E-state index contributed by atoms with van der Waals surface area (Å²) in [6.07, 6.45) is 1.38. The van der Waals surface area contributed by atoms with Gasteiger partial charge in [-0.15, -0.1) is 4.91 Å². The maximum absolute atomic E-state index is 12.8. The first-order chi connectivity index (χ1) is 11.6. The average Bonchev–Trinajstić information content (AvgIpc) is 2.62. The molecule has 0 bridgehead atoms. The molecule has 0 fully saturated rings. The van der Waals surface area contributed by atoms with Crippen LogP contribution in [0.4, 0.5) is 5.69 Å². The molecule has 0 saturated carbocycles. The predicted octanol–water partition coefficient (Wildman–Crippen LogP) is 4.18. The molecule has 0 aliphatic rings. The van der Waals surface area contributed by atoms with Crippen LogP contribution in [0.3, 0.4) is 0 Å². The largest absolute Gasteiger partial charge is 0.493 e. The van der Waals surface area contributed by atoms with Gasteiger partial charge in [-0.2, -0.15) is 0 Å². The number of nitroso groups, excluding NO2 is 1. The summed E-state index contributed by atoms with van der Waals surface area (Å²) in [6, 6.07) is 8.26. The Morgan fingerprint density at radius 1 is 1.04 bits per heavy atom. The molecular weight excluding hydrogens is 310 g/mol. The van der Waals surface area contributed by atoms with Crippen molar-refractivity contribution in [2.45, 2.75) is 6.92 Å². The van der Waals surface area contributed by atoms with Crippen molar-refractivity contribution >= 4 is 16.7 Å². The Kier molecular flexibility index (Phi) is 4.04. The van der Waals surface area contributed by atoms with Crippen LogP contribution in [0, 0.1) is 11.8 Å². The van der Waals surface area contributed by atoms with Gasteiger partial charge in [-0.25, -0.2) is 0 Å². The summed E-state index contributed by atoms with van der Waals surface area (Å²) >= 11 is 0. The monoisotopic (exact) mass is 325 g/mol. The van der Waals surface area contributed by atoms with E-state index in [1.54, 1.807) is 38.3 Å². The molecule has 0 amide bonds. The lowest BCUT2D eigenvalue weighted by atomic mass is 10.0. The highest BCUT2D eigenvalue weighted by Gasteiger charge is 2.14. The van der Waals surface area contributed by atoms with Crippen molar-refractivity contribution in [1.82, 2.24) is 0 Å². The minimum absolute atomic E-state index is 0.191.